The first-order valence-electron chi connectivity index (χ1n) is 8.51. The third kappa shape index (κ3) is 5.09. The molecule has 33 heavy (non-hydrogen) atoms. The Bertz CT molecular complexity index is 735. The average molecular weight is 516 g/mol. The van der Waals surface area contributed by atoms with E-state index in [4.69, 9.17) is 0 Å². The molecule has 0 aromatic rings. The Labute approximate surface area is 176 Å². The molecule has 0 bridgehead atoms. The van der Waals surface area contributed by atoms with Gasteiger partial charge in [0.2, 0.25) is 5.91 Å². The highest BCUT2D eigenvalue weighted by atomic mass is 19.4. The summed E-state index contributed by atoms with van der Waals surface area (Å²) in [5.74, 6) is -4.16. The van der Waals surface area contributed by atoms with Gasteiger partial charge in [0.05, 0.1) is 0 Å². The van der Waals surface area contributed by atoms with Gasteiger partial charge in [-0.05, 0) is 27.7 Å². The van der Waals surface area contributed by atoms with E-state index < -0.39 is 65.6 Å². The number of carbonyl (C=O) groups excluding carboxylic acids is 2. The largest absolute Gasteiger partial charge is 0.458 e. The second-order valence-corrected chi connectivity index (χ2v) is 7.85. The van der Waals surface area contributed by atoms with Crippen molar-refractivity contribution in [2.24, 2.45) is 0 Å². The first-order chi connectivity index (χ1) is 14.2. The molecule has 18 heteroatoms. The van der Waals surface area contributed by atoms with Crippen molar-refractivity contribution in [1.29, 1.82) is 0 Å². The van der Waals surface area contributed by atoms with Crippen LogP contribution in [0.1, 0.15) is 27.7 Å². The van der Waals surface area contributed by atoms with Gasteiger partial charge < -0.3 is 14.8 Å². The molecule has 0 aromatic heterocycles. The summed E-state index contributed by atoms with van der Waals surface area (Å²) in [6.07, 6.45) is -27.9. The molecule has 6 nitrogen and oxygen atoms in total. The van der Waals surface area contributed by atoms with E-state index in [1.54, 1.807) is 0 Å². The molecule has 1 aliphatic heterocycles. The maximum Gasteiger partial charge on any atom is 0.440 e. The van der Waals surface area contributed by atoms with E-state index >= 15 is 0 Å². The van der Waals surface area contributed by atoms with Crippen LogP contribution >= 0.6 is 0 Å². The monoisotopic (exact) mass is 516 g/mol. The van der Waals surface area contributed by atoms with Gasteiger partial charge in [-0.1, -0.05) is 0 Å². The fraction of sp³-hybridized carbons (Fsp3) is 0.867. The van der Waals surface area contributed by atoms with Gasteiger partial charge in [0.25, 0.3) is 5.60 Å². The topological polar surface area (TPSA) is 76.7 Å². The molecule has 194 valence electrons. The molecular formula is C15H16F12N2O4. The lowest BCUT2D eigenvalue weighted by molar-refractivity contribution is -0.444. The number of nitrogens with one attached hydrogen (secondary N) is 2. The van der Waals surface area contributed by atoms with Gasteiger partial charge in [-0.25, -0.2) is 4.79 Å². The normalized spacial score (nSPS) is 22.6. The summed E-state index contributed by atoms with van der Waals surface area (Å²) in [5.41, 5.74) is -13.8. The van der Waals surface area contributed by atoms with Crippen molar-refractivity contribution >= 4 is 11.9 Å². The van der Waals surface area contributed by atoms with Crippen LogP contribution in [0.25, 0.3) is 0 Å². The molecule has 1 amide bonds. The van der Waals surface area contributed by atoms with Gasteiger partial charge in [0.1, 0.15) is 17.7 Å². The molecule has 1 fully saturated rings. The molecule has 0 aliphatic carbocycles. The van der Waals surface area contributed by atoms with Crippen LogP contribution in [0.15, 0.2) is 0 Å². The molecule has 2 atom stereocenters. The zero-order valence-electron chi connectivity index (χ0n) is 16.8. The number of amides is 1. The quantitative estimate of drug-likeness (QED) is 0.444. The molecule has 0 spiro atoms. The van der Waals surface area contributed by atoms with Crippen LogP contribution in [0, 0.1) is 0 Å². The zero-order valence-corrected chi connectivity index (χ0v) is 16.8. The lowest BCUT2D eigenvalue weighted by Crippen LogP contribution is -2.68. The van der Waals surface area contributed by atoms with Crippen LogP contribution in [0.3, 0.4) is 0 Å². The van der Waals surface area contributed by atoms with Crippen molar-refractivity contribution in [3.63, 3.8) is 0 Å². The maximum atomic E-state index is 13.5. The number of carbonyl (C=O) groups is 2. The van der Waals surface area contributed by atoms with Crippen LogP contribution in [-0.4, -0.2) is 65.6 Å². The molecular weight excluding hydrogens is 500 g/mol. The van der Waals surface area contributed by atoms with Crippen molar-refractivity contribution in [1.82, 2.24) is 10.6 Å². The number of halogens is 12. The summed E-state index contributed by atoms with van der Waals surface area (Å²) in [5, 5.41) is 1.20. The first-order valence-corrected chi connectivity index (χ1v) is 8.51. The van der Waals surface area contributed by atoms with Crippen LogP contribution in [0.2, 0.25) is 0 Å². The smallest absolute Gasteiger partial charge is 0.440 e. The van der Waals surface area contributed by atoms with Gasteiger partial charge in [-0.3, -0.25) is 10.1 Å². The fourth-order valence-corrected chi connectivity index (χ4v) is 2.67. The fourth-order valence-electron chi connectivity index (χ4n) is 2.67. The van der Waals surface area contributed by atoms with E-state index in [2.05, 4.69) is 9.47 Å². The Hall–Kier alpha value is -1.98. The van der Waals surface area contributed by atoms with Gasteiger partial charge in [0.15, 0.2) is 0 Å². The second-order valence-electron chi connectivity index (χ2n) is 7.85. The Balaban J connectivity index is 3.65. The number of ether oxygens (including phenoxy) is 2. The minimum Gasteiger partial charge on any atom is -0.458 e. The predicted molar refractivity (Wildman–Crippen MR) is 81.1 cm³/mol. The summed E-state index contributed by atoms with van der Waals surface area (Å²) < 4.78 is 167. The number of hydrogen-bond acceptors (Lipinski definition) is 5. The molecule has 0 aromatic carbocycles. The summed E-state index contributed by atoms with van der Waals surface area (Å²) >= 11 is 0. The SMILES string of the molecule is C[C@@H](NC(=O)C1NC(C(F)(F)F)(C(F)(F)F)OC1(C(F)(F)F)C(F)(F)F)C(=O)OC(C)(C)C. The van der Waals surface area contributed by atoms with Crippen LogP contribution in [-0.2, 0) is 19.1 Å². The Kier molecular flexibility index (Phi) is 7.09. The van der Waals surface area contributed by atoms with Crippen molar-refractivity contribution < 1.29 is 71.7 Å². The van der Waals surface area contributed by atoms with Crippen molar-refractivity contribution in [3.8, 4) is 0 Å². The number of rotatable bonds is 3. The van der Waals surface area contributed by atoms with E-state index in [0.717, 1.165) is 0 Å². The Morgan fingerprint density at radius 3 is 1.55 bits per heavy atom. The molecule has 0 radical (unpaired) electrons. The number of alkyl halides is 12. The summed E-state index contributed by atoms with van der Waals surface area (Å²) in [4.78, 5) is 24.0. The van der Waals surface area contributed by atoms with Gasteiger partial charge in [-0.15, -0.1) is 0 Å². The van der Waals surface area contributed by atoms with Crippen LogP contribution in [0.5, 0.6) is 0 Å². The minimum atomic E-state index is -7.02. The molecule has 1 saturated heterocycles. The number of hydrogen-bond donors (Lipinski definition) is 2. The molecule has 1 rings (SSSR count). The molecule has 2 N–H and O–H groups in total. The summed E-state index contributed by atoms with van der Waals surface area (Å²) in [6.45, 7) is 4.47. The molecule has 1 unspecified atom stereocenters. The lowest BCUT2D eigenvalue weighted by atomic mass is 9.92. The number of esters is 1. The minimum absolute atomic E-state index is 0.00432. The zero-order chi connectivity index (χ0) is 26.6. The van der Waals surface area contributed by atoms with E-state index in [1.807, 2.05) is 0 Å². The van der Waals surface area contributed by atoms with E-state index in [0.29, 0.717) is 6.92 Å². The third-order valence-corrected chi connectivity index (χ3v) is 4.09. The predicted octanol–water partition coefficient (Wildman–Crippen LogP) is 3.51. The van der Waals surface area contributed by atoms with Crippen molar-refractivity contribution in [2.45, 2.75) is 81.4 Å². The highest BCUT2D eigenvalue weighted by Crippen LogP contribution is 2.59. The summed E-state index contributed by atoms with van der Waals surface area (Å²) in [7, 11) is 0. The molecule has 0 saturated carbocycles. The van der Waals surface area contributed by atoms with Gasteiger partial charge in [0, 0.05) is 0 Å². The second kappa shape index (κ2) is 8.06. The highest BCUT2D eigenvalue weighted by Gasteiger charge is 2.90. The van der Waals surface area contributed by atoms with Gasteiger partial charge in [-0.2, -0.15) is 52.7 Å². The summed E-state index contributed by atoms with van der Waals surface area (Å²) in [6, 6.07) is -6.45. The maximum absolute atomic E-state index is 13.5. The lowest BCUT2D eigenvalue weighted by Gasteiger charge is -2.38. The van der Waals surface area contributed by atoms with E-state index in [-0.39, 0.29) is 5.32 Å². The Morgan fingerprint density at radius 2 is 1.24 bits per heavy atom. The van der Waals surface area contributed by atoms with Crippen LogP contribution < -0.4 is 10.6 Å². The Morgan fingerprint density at radius 1 is 0.848 bits per heavy atom. The van der Waals surface area contributed by atoms with Crippen molar-refractivity contribution in [2.75, 3.05) is 0 Å². The average Bonchev–Trinajstić information content (AvgIpc) is 2.91. The first kappa shape index (κ1) is 29.1. The third-order valence-electron chi connectivity index (χ3n) is 4.09. The van der Waals surface area contributed by atoms with Crippen LogP contribution in [0.4, 0.5) is 52.7 Å². The molecule has 1 heterocycles. The van der Waals surface area contributed by atoms with Gasteiger partial charge >= 0.3 is 36.4 Å². The van der Waals surface area contributed by atoms with E-state index in [9.17, 15) is 62.3 Å². The highest BCUT2D eigenvalue weighted by molar-refractivity contribution is 5.89. The standard InChI is InChI=1S/C15H16F12N2O4/c1-5(8(31)32-9(2,3)4)28-7(30)6-10(12(16,17)18,13(19,20)21)33-11(29-6,14(22,23)24)15(25,26)27/h5-6,29H,1-4H3,(H,28,30)/t5-,6?/m1/s1. The molecule has 1 aliphatic rings. The van der Waals surface area contributed by atoms with E-state index in [1.165, 1.54) is 26.1 Å². The van der Waals surface area contributed by atoms with Crippen molar-refractivity contribution in [3.05, 3.63) is 0 Å².